The molecule has 2 rings (SSSR count). The Morgan fingerprint density at radius 2 is 2.04 bits per heavy atom. The molecule has 8 heteroatoms. The second-order valence-electron chi connectivity index (χ2n) is 6.10. The minimum atomic E-state index is -0.872. The Kier molecular flexibility index (Phi) is 6.71. The zero-order valence-electron chi connectivity index (χ0n) is 14.5. The molecular formula is C18H22FN3O4. The van der Waals surface area contributed by atoms with Crippen molar-refractivity contribution in [3.8, 4) is 0 Å². The molecule has 7 nitrogen and oxygen atoms in total. The third-order valence-corrected chi connectivity index (χ3v) is 3.96. The maximum Gasteiger partial charge on any atom is 0.303 e. The van der Waals surface area contributed by atoms with Crippen LogP contribution in [0, 0.1) is 5.82 Å². The summed E-state index contributed by atoms with van der Waals surface area (Å²) in [5.41, 5.74) is 1.41. The van der Waals surface area contributed by atoms with Crippen molar-refractivity contribution in [2.24, 2.45) is 0 Å². The molecule has 26 heavy (non-hydrogen) atoms. The fraction of sp³-hybridized carbons (Fsp3) is 0.389. The molecule has 0 radical (unpaired) electrons. The van der Waals surface area contributed by atoms with E-state index in [4.69, 9.17) is 5.11 Å². The number of aromatic amines is 1. The average molecular weight is 363 g/mol. The Morgan fingerprint density at radius 3 is 2.73 bits per heavy atom. The average Bonchev–Trinajstić information content (AvgIpc) is 2.95. The van der Waals surface area contributed by atoms with Gasteiger partial charge >= 0.3 is 5.97 Å². The zero-order valence-corrected chi connectivity index (χ0v) is 14.5. The van der Waals surface area contributed by atoms with Gasteiger partial charge < -0.3 is 20.7 Å². The molecule has 2 amide bonds. The van der Waals surface area contributed by atoms with Crippen LogP contribution in [0.2, 0.25) is 0 Å². The molecule has 0 aliphatic carbocycles. The molecular weight excluding hydrogens is 341 g/mol. The van der Waals surface area contributed by atoms with Crippen molar-refractivity contribution in [2.75, 3.05) is 6.54 Å². The van der Waals surface area contributed by atoms with Crippen molar-refractivity contribution in [3.63, 3.8) is 0 Å². The maximum atomic E-state index is 13.3. The molecule has 2 aromatic rings. The number of H-pyrrole nitrogens is 1. The first-order chi connectivity index (χ1) is 12.4. The minimum absolute atomic E-state index is 0.0525. The number of aromatic nitrogens is 1. The first-order valence-corrected chi connectivity index (χ1v) is 8.39. The van der Waals surface area contributed by atoms with E-state index >= 15 is 0 Å². The van der Waals surface area contributed by atoms with Gasteiger partial charge in [0.15, 0.2) is 0 Å². The van der Waals surface area contributed by atoms with Gasteiger partial charge in [0.05, 0.1) is 0 Å². The number of carbonyl (C=O) groups excluding carboxylic acids is 2. The lowest BCUT2D eigenvalue weighted by Crippen LogP contribution is -2.47. The zero-order chi connectivity index (χ0) is 19.1. The van der Waals surface area contributed by atoms with Crippen LogP contribution in [0.15, 0.2) is 24.4 Å². The van der Waals surface area contributed by atoms with Crippen LogP contribution >= 0.6 is 0 Å². The van der Waals surface area contributed by atoms with E-state index in [1.54, 1.807) is 12.3 Å². The van der Waals surface area contributed by atoms with Gasteiger partial charge in [-0.2, -0.15) is 0 Å². The third-order valence-electron chi connectivity index (χ3n) is 3.96. The molecule has 0 saturated carbocycles. The first-order valence-electron chi connectivity index (χ1n) is 8.39. The SMILES string of the molecule is CC(=O)NC(Cc1c[nH]c2cc(F)ccc12)C(=O)NCCCCC(=O)O. The summed E-state index contributed by atoms with van der Waals surface area (Å²) in [5, 5.41) is 14.7. The predicted molar refractivity (Wildman–Crippen MR) is 94.1 cm³/mol. The van der Waals surface area contributed by atoms with Crippen LogP contribution < -0.4 is 10.6 Å². The molecule has 1 aromatic heterocycles. The summed E-state index contributed by atoms with van der Waals surface area (Å²) >= 11 is 0. The number of hydrogen-bond donors (Lipinski definition) is 4. The second kappa shape index (κ2) is 8.98. The number of halogens is 1. The number of carboxylic acids is 1. The lowest BCUT2D eigenvalue weighted by atomic mass is 10.0. The van der Waals surface area contributed by atoms with Gasteiger partial charge in [-0.05, 0) is 36.6 Å². The standard InChI is InChI=1S/C18H22FN3O4/c1-11(23)22-16(18(26)20-7-3-2-4-17(24)25)8-12-10-21-15-9-13(19)5-6-14(12)15/h5-6,9-10,16,21H,2-4,7-8H2,1H3,(H,20,26)(H,22,23)(H,24,25). The number of nitrogens with one attached hydrogen (secondary N) is 3. The highest BCUT2D eigenvalue weighted by Gasteiger charge is 2.21. The molecule has 0 spiro atoms. The second-order valence-corrected chi connectivity index (χ2v) is 6.10. The molecule has 1 atom stereocenters. The summed E-state index contributed by atoms with van der Waals surface area (Å²) in [6, 6.07) is 3.58. The number of unbranched alkanes of at least 4 members (excludes halogenated alkanes) is 1. The van der Waals surface area contributed by atoms with E-state index in [1.165, 1.54) is 19.1 Å². The molecule has 0 saturated heterocycles. The fourth-order valence-electron chi connectivity index (χ4n) is 2.74. The quantitative estimate of drug-likeness (QED) is 0.508. The molecule has 1 unspecified atom stereocenters. The number of aliphatic carboxylic acids is 1. The van der Waals surface area contributed by atoms with Gasteiger partial charge in [0.25, 0.3) is 0 Å². The summed E-state index contributed by atoms with van der Waals surface area (Å²) in [7, 11) is 0. The smallest absolute Gasteiger partial charge is 0.303 e. The highest BCUT2D eigenvalue weighted by atomic mass is 19.1. The normalized spacial score (nSPS) is 11.9. The minimum Gasteiger partial charge on any atom is -0.481 e. The number of carboxylic acid groups (broad SMARTS) is 1. The summed E-state index contributed by atoms with van der Waals surface area (Å²) in [6.45, 7) is 1.67. The van der Waals surface area contributed by atoms with Crippen LogP contribution in [0.4, 0.5) is 4.39 Å². The topological polar surface area (TPSA) is 111 Å². The van der Waals surface area contributed by atoms with E-state index in [1.807, 2.05) is 0 Å². The van der Waals surface area contributed by atoms with E-state index < -0.39 is 12.0 Å². The maximum absolute atomic E-state index is 13.3. The number of fused-ring (bicyclic) bond motifs is 1. The Bertz CT molecular complexity index is 803. The van der Waals surface area contributed by atoms with E-state index in [-0.39, 0.29) is 30.5 Å². The molecule has 0 bridgehead atoms. The summed E-state index contributed by atoms with van der Waals surface area (Å²) < 4.78 is 13.3. The van der Waals surface area contributed by atoms with Crippen LogP contribution in [0.1, 0.15) is 31.7 Å². The van der Waals surface area contributed by atoms with E-state index in [9.17, 15) is 18.8 Å². The molecule has 1 heterocycles. The van der Waals surface area contributed by atoms with Gasteiger partial charge in [-0.25, -0.2) is 4.39 Å². The van der Waals surface area contributed by atoms with E-state index in [0.29, 0.717) is 24.9 Å². The van der Waals surface area contributed by atoms with Gasteiger partial charge in [0.2, 0.25) is 11.8 Å². The third kappa shape index (κ3) is 5.58. The Balaban J connectivity index is 2.00. The number of benzene rings is 1. The number of carbonyl (C=O) groups is 3. The van der Waals surface area contributed by atoms with Gasteiger partial charge in [-0.1, -0.05) is 0 Å². The van der Waals surface area contributed by atoms with Crippen molar-refractivity contribution in [3.05, 3.63) is 35.8 Å². The van der Waals surface area contributed by atoms with E-state index in [0.717, 1.165) is 10.9 Å². The van der Waals surface area contributed by atoms with Crippen LogP contribution in [0.25, 0.3) is 10.9 Å². The molecule has 0 fully saturated rings. The van der Waals surface area contributed by atoms with Crippen LogP contribution in [0.5, 0.6) is 0 Å². The predicted octanol–water partition coefficient (Wildman–Crippen LogP) is 1.73. The largest absolute Gasteiger partial charge is 0.481 e. The lowest BCUT2D eigenvalue weighted by Gasteiger charge is -2.17. The summed E-state index contributed by atoms with van der Waals surface area (Å²) in [5.74, 6) is -1.90. The van der Waals surface area contributed by atoms with Gasteiger partial charge in [0.1, 0.15) is 11.9 Å². The number of hydrogen-bond acceptors (Lipinski definition) is 3. The van der Waals surface area contributed by atoms with Crippen molar-refractivity contribution in [1.29, 1.82) is 0 Å². The summed E-state index contributed by atoms with van der Waals surface area (Å²) in [6.07, 6.45) is 3.01. The van der Waals surface area contributed by atoms with Crippen LogP contribution in [-0.2, 0) is 20.8 Å². The number of rotatable bonds is 9. The molecule has 0 aliphatic rings. The highest BCUT2D eigenvalue weighted by molar-refractivity contribution is 5.89. The Labute approximate surface area is 150 Å². The van der Waals surface area contributed by atoms with Crippen LogP contribution in [-0.4, -0.2) is 40.5 Å². The monoisotopic (exact) mass is 363 g/mol. The van der Waals surface area contributed by atoms with Crippen molar-refractivity contribution in [2.45, 2.75) is 38.6 Å². The molecule has 140 valence electrons. The fourth-order valence-corrected chi connectivity index (χ4v) is 2.74. The van der Waals surface area contributed by atoms with E-state index in [2.05, 4.69) is 15.6 Å². The molecule has 4 N–H and O–H groups in total. The van der Waals surface area contributed by atoms with Crippen LogP contribution in [0.3, 0.4) is 0 Å². The van der Waals surface area contributed by atoms with Crippen molar-refractivity contribution < 1.29 is 23.9 Å². The van der Waals surface area contributed by atoms with Gasteiger partial charge in [-0.15, -0.1) is 0 Å². The number of amides is 2. The summed E-state index contributed by atoms with van der Waals surface area (Å²) in [4.78, 5) is 37.2. The Morgan fingerprint density at radius 1 is 1.27 bits per heavy atom. The van der Waals surface area contributed by atoms with Crippen molar-refractivity contribution in [1.82, 2.24) is 15.6 Å². The highest BCUT2D eigenvalue weighted by Crippen LogP contribution is 2.20. The van der Waals surface area contributed by atoms with Gasteiger partial charge in [0, 0.05) is 43.4 Å². The first kappa shape index (κ1) is 19.4. The van der Waals surface area contributed by atoms with Gasteiger partial charge in [-0.3, -0.25) is 14.4 Å². The molecule has 1 aromatic carbocycles. The molecule has 0 aliphatic heterocycles. The Hall–Kier alpha value is -2.90. The van der Waals surface area contributed by atoms with Crippen molar-refractivity contribution >= 4 is 28.7 Å². The lowest BCUT2D eigenvalue weighted by molar-refractivity contribution is -0.137.